The number of nitrogens with one attached hydrogen (secondary N) is 1. The Morgan fingerprint density at radius 1 is 0.967 bits per heavy atom. The maximum Gasteiger partial charge on any atom is 0.243 e. The van der Waals surface area contributed by atoms with Crippen molar-refractivity contribution >= 4 is 15.9 Å². The summed E-state index contributed by atoms with van der Waals surface area (Å²) in [6.07, 6.45) is 2.76. The number of carbonyl (C=O) groups excluding carboxylic acids is 1. The Hall–Kier alpha value is -2.22. The lowest BCUT2D eigenvalue weighted by molar-refractivity contribution is -0.126. The van der Waals surface area contributed by atoms with Crippen molar-refractivity contribution in [3.63, 3.8) is 0 Å². The van der Waals surface area contributed by atoms with Gasteiger partial charge in [0.05, 0.1) is 4.90 Å². The van der Waals surface area contributed by atoms with Crippen LogP contribution in [-0.4, -0.2) is 55.8 Å². The molecule has 1 atom stereocenters. The molecule has 2 aliphatic rings. The van der Waals surface area contributed by atoms with Gasteiger partial charge in [-0.25, -0.2) is 8.42 Å². The first-order valence-electron chi connectivity index (χ1n) is 10.6. The smallest absolute Gasteiger partial charge is 0.243 e. The zero-order valence-corrected chi connectivity index (χ0v) is 18.1. The zero-order valence-electron chi connectivity index (χ0n) is 17.3. The summed E-state index contributed by atoms with van der Waals surface area (Å²) in [5, 5.41) is 3.13. The molecular weight excluding hydrogens is 398 g/mol. The predicted molar refractivity (Wildman–Crippen MR) is 116 cm³/mol. The lowest BCUT2D eigenvalue weighted by Gasteiger charge is -2.30. The fourth-order valence-corrected chi connectivity index (χ4v) is 5.41. The lowest BCUT2D eigenvalue weighted by Crippen LogP contribution is -2.43. The first-order valence-corrected chi connectivity index (χ1v) is 12.1. The molecule has 2 aromatic rings. The highest BCUT2D eigenvalue weighted by molar-refractivity contribution is 7.89. The van der Waals surface area contributed by atoms with Gasteiger partial charge in [0.1, 0.15) is 6.04 Å². The monoisotopic (exact) mass is 427 g/mol. The van der Waals surface area contributed by atoms with Crippen molar-refractivity contribution in [2.45, 2.75) is 43.2 Å². The van der Waals surface area contributed by atoms with E-state index in [4.69, 9.17) is 0 Å². The number of benzene rings is 2. The van der Waals surface area contributed by atoms with Gasteiger partial charge in [-0.15, -0.1) is 0 Å². The minimum atomic E-state index is -3.54. The van der Waals surface area contributed by atoms with Crippen LogP contribution in [0, 0.1) is 6.92 Å². The summed E-state index contributed by atoms with van der Waals surface area (Å²) in [6.45, 7) is 3.96. The maximum absolute atomic E-state index is 13.1. The van der Waals surface area contributed by atoms with E-state index in [2.05, 4.69) is 10.2 Å². The van der Waals surface area contributed by atoms with E-state index in [1.54, 1.807) is 16.4 Å². The highest BCUT2D eigenvalue weighted by atomic mass is 32.2. The van der Waals surface area contributed by atoms with Gasteiger partial charge in [0.25, 0.3) is 0 Å². The minimum absolute atomic E-state index is 0.0125. The van der Waals surface area contributed by atoms with Crippen LogP contribution in [0.15, 0.2) is 59.5 Å². The number of aryl methyl sites for hydroxylation is 1. The van der Waals surface area contributed by atoms with E-state index in [1.807, 2.05) is 49.4 Å². The molecule has 1 aliphatic carbocycles. The largest absolute Gasteiger partial charge is 0.352 e. The standard InChI is InChI=1S/C23H29N3O3S/c1-18-8-12-21(13-9-18)30(28,29)26-15-5-14-25(16-17-26)22(19-6-3-2-4-7-19)23(27)24-20-10-11-20/h2-4,6-9,12-13,20,22H,5,10-11,14-17H2,1H3,(H,24,27). The molecule has 7 heteroatoms. The summed E-state index contributed by atoms with van der Waals surface area (Å²) in [4.78, 5) is 15.5. The number of nitrogens with zero attached hydrogens (tertiary/aromatic N) is 2. The van der Waals surface area contributed by atoms with Crippen LogP contribution in [0.4, 0.5) is 0 Å². The fourth-order valence-electron chi connectivity index (χ4n) is 3.94. The van der Waals surface area contributed by atoms with Crippen LogP contribution in [0.5, 0.6) is 0 Å². The van der Waals surface area contributed by atoms with Gasteiger partial charge >= 0.3 is 0 Å². The van der Waals surface area contributed by atoms with Crippen LogP contribution in [-0.2, 0) is 14.8 Å². The third kappa shape index (κ3) is 4.74. The average Bonchev–Trinajstić information content (AvgIpc) is 3.57. The molecule has 2 aromatic carbocycles. The van der Waals surface area contributed by atoms with Crippen molar-refractivity contribution in [1.82, 2.24) is 14.5 Å². The van der Waals surface area contributed by atoms with Gasteiger partial charge < -0.3 is 5.32 Å². The van der Waals surface area contributed by atoms with E-state index in [0.717, 1.165) is 24.0 Å². The van der Waals surface area contributed by atoms with Crippen LogP contribution in [0.1, 0.15) is 36.4 Å². The first kappa shape index (κ1) is 21.0. The third-order valence-corrected chi connectivity index (χ3v) is 7.71. The van der Waals surface area contributed by atoms with E-state index in [0.29, 0.717) is 37.5 Å². The van der Waals surface area contributed by atoms with Crippen LogP contribution in [0.25, 0.3) is 0 Å². The Balaban J connectivity index is 1.52. The molecule has 1 heterocycles. The Kier molecular flexibility index (Phi) is 6.22. The van der Waals surface area contributed by atoms with Gasteiger partial charge in [0.15, 0.2) is 0 Å². The molecule has 1 saturated heterocycles. The number of hydrogen-bond acceptors (Lipinski definition) is 4. The topological polar surface area (TPSA) is 69.7 Å². The lowest BCUT2D eigenvalue weighted by atomic mass is 10.0. The summed E-state index contributed by atoms with van der Waals surface area (Å²) >= 11 is 0. The molecule has 160 valence electrons. The number of rotatable bonds is 6. The van der Waals surface area contributed by atoms with E-state index < -0.39 is 16.1 Å². The molecule has 6 nitrogen and oxygen atoms in total. The molecule has 1 N–H and O–H groups in total. The van der Waals surface area contributed by atoms with Gasteiger partial charge in [-0.1, -0.05) is 48.0 Å². The van der Waals surface area contributed by atoms with Crippen LogP contribution >= 0.6 is 0 Å². The van der Waals surface area contributed by atoms with Crippen molar-refractivity contribution in [1.29, 1.82) is 0 Å². The van der Waals surface area contributed by atoms with Gasteiger partial charge in [0.2, 0.25) is 15.9 Å². The highest BCUT2D eigenvalue weighted by Gasteiger charge is 2.34. The van der Waals surface area contributed by atoms with Crippen molar-refractivity contribution in [3.05, 3.63) is 65.7 Å². The molecule has 1 aliphatic heterocycles. The Labute approximate surface area is 178 Å². The van der Waals surface area contributed by atoms with Gasteiger partial charge in [0, 0.05) is 32.2 Å². The Morgan fingerprint density at radius 3 is 2.33 bits per heavy atom. The highest BCUT2D eigenvalue weighted by Crippen LogP contribution is 2.27. The summed E-state index contributed by atoms with van der Waals surface area (Å²) < 4.78 is 27.8. The third-order valence-electron chi connectivity index (χ3n) is 5.80. The van der Waals surface area contributed by atoms with Crippen molar-refractivity contribution in [2.24, 2.45) is 0 Å². The quantitative estimate of drug-likeness (QED) is 0.770. The number of hydrogen-bond donors (Lipinski definition) is 1. The summed E-state index contributed by atoms with van der Waals surface area (Å²) in [6, 6.07) is 16.7. The Morgan fingerprint density at radius 2 is 1.67 bits per heavy atom. The minimum Gasteiger partial charge on any atom is -0.352 e. The molecule has 1 saturated carbocycles. The molecule has 4 rings (SSSR count). The van der Waals surface area contributed by atoms with Gasteiger partial charge in [-0.2, -0.15) is 4.31 Å². The van der Waals surface area contributed by atoms with Crippen molar-refractivity contribution < 1.29 is 13.2 Å². The molecular formula is C23H29N3O3S. The SMILES string of the molecule is Cc1ccc(S(=O)(=O)N2CCCN(C(C(=O)NC3CC3)c3ccccc3)CC2)cc1. The van der Waals surface area contributed by atoms with Gasteiger partial charge in [-0.3, -0.25) is 9.69 Å². The van der Waals surface area contributed by atoms with E-state index in [-0.39, 0.29) is 11.9 Å². The van der Waals surface area contributed by atoms with E-state index in [9.17, 15) is 13.2 Å². The number of carbonyl (C=O) groups is 1. The van der Waals surface area contributed by atoms with Gasteiger partial charge in [-0.05, 0) is 43.9 Å². The van der Waals surface area contributed by atoms with E-state index in [1.165, 1.54) is 0 Å². The Bertz CT molecular complexity index is 973. The second-order valence-corrected chi connectivity index (χ2v) is 10.1. The van der Waals surface area contributed by atoms with Crippen molar-refractivity contribution in [2.75, 3.05) is 26.2 Å². The molecule has 30 heavy (non-hydrogen) atoms. The molecule has 0 aromatic heterocycles. The van der Waals surface area contributed by atoms with Crippen molar-refractivity contribution in [3.8, 4) is 0 Å². The maximum atomic E-state index is 13.1. The second kappa shape index (κ2) is 8.88. The summed E-state index contributed by atoms with van der Waals surface area (Å²) in [5.41, 5.74) is 1.98. The van der Waals surface area contributed by atoms with Crippen LogP contribution in [0.2, 0.25) is 0 Å². The molecule has 2 fully saturated rings. The molecule has 0 bridgehead atoms. The molecule has 0 radical (unpaired) electrons. The van der Waals surface area contributed by atoms with Crippen LogP contribution in [0.3, 0.4) is 0 Å². The average molecular weight is 428 g/mol. The molecule has 1 unspecified atom stereocenters. The zero-order chi connectivity index (χ0) is 21.1. The molecule has 1 amide bonds. The summed E-state index contributed by atoms with van der Waals surface area (Å²) in [5.74, 6) is 0.0125. The summed E-state index contributed by atoms with van der Waals surface area (Å²) in [7, 11) is -3.54. The molecule has 0 spiro atoms. The normalized spacial score (nSPS) is 19.8. The number of amides is 1. The fraction of sp³-hybridized carbons (Fsp3) is 0.435. The van der Waals surface area contributed by atoms with Crippen LogP contribution < -0.4 is 5.32 Å². The first-order chi connectivity index (χ1) is 14.4. The van der Waals surface area contributed by atoms with E-state index >= 15 is 0 Å². The number of sulfonamides is 1. The second-order valence-electron chi connectivity index (χ2n) is 8.20. The predicted octanol–water partition coefficient (Wildman–Crippen LogP) is 2.71.